The van der Waals surface area contributed by atoms with Crippen LogP contribution in [0.1, 0.15) is 71.4 Å². The standard InChI is InChI=1S/C20H31N/c1-5-9-17(15-10-7-6-8-11-15)21-18-19(2,3)16-12-13-20(18,4)14-16/h6-8,10-11,16-18,21H,5,9,12-14H2,1-4H3. The van der Waals surface area contributed by atoms with Crippen LogP contribution in [0.5, 0.6) is 0 Å². The Morgan fingerprint density at radius 3 is 2.48 bits per heavy atom. The number of rotatable bonds is 5. The number of nitrogens with one attached hydrogen (secondary N) is 1. The van der Waals surface area contributed by atoms with Gasteiger partial charge in [-0.15, -0.1) is 0 Å². The molecular weight excluding hydrogens is 254 g/mol. The predicted molar refractivity (Wildman–Crippen MR) is 90.2 cm³/mol. The molecule has 0 aliphatic heterocycles. The van der Waals surface area contributed by atoms with E-state index in [1.165, 1.54) is 37.7 Å². The van der Waals surface area contributed by atoms with Gasteiger partial charge in [0.2, 0.25) is 0 Å². The van der Waals surface area contributed by atoms with Crippen molar-refractivity contribution in [2.75, 3.05) is 0 Å². The molecule has 2 bridgehead atoms. The van der Waals surface area contributed by atoms with E-state index >= 15 is 0 Å². The molecule has 2 saturated carbocycles. The maximum atomic E-state index is 4.10. The van der Waals surface area contributed by atoms with E-state index in [-0.39, 0.29) is 0 Å². The lowest BCUT2D eigenvalue weighted by molar-refractivity contribution is 0.0968. The Hall–Kier alpha value is -0.820. The highest BCUT2D eigenvalue weighted by Gasteiger charge is 2.59. The van der Waals surface area contributed by atoms with Gasteiger partial charge >= 0.3 is 0 Å². The molecule has 2 aliphatic carbocycles. The van der Waals surface area contributed by atoms with E-state index in [0.29, 0.717) is 22.9 Å². The van der Waals surface area contributed by atoms with Crippen molar-refractivity contribution in [3.05, 3.63) is 35.9 Å². The molecular formula is C20H31N. The van der Waals surface area contributed by atoms with E-state index in [1.54, 1.807) is 0 Å². The highest BCUT2D eigenvalue weighted by Crippen LogP contribution is 2.62. The van der Waals surface area contributed by atoms with Crippen LogP contribution in [0.3, 0.4) is 0 Å². The summed E-state index contributed by atoms with van der Waals surface area (Å²) in [5, 5.41) is 4.10. The van der Waals surface area contributed by atoms with Gasteiger partial charge in [0.15, 0.2) is 0 Å². The van der Waals surface area contributed by atoms with E-state index in [2.05, 4.69) is 63.3 Å². The smallest absolute Gasteiger partial charge is 0.0323 e. The van der Waals surface area contributed by atoms with Gasteiger partial charge in [0.1, 0.15) is 0 Å². The minimum absolute atomic E-state index is 0.438. The van der Waals surface area contributed by atoms with Crippen molar-refractivity contribution in [2.45, 2.75) is 71.9 Å². The molecule has 0 amide bonds. The highest BCUT2D eigenvalue weighted by atomic mass is 15.0. The third-order valence-corrected chi connectivity index (χ3v) is 6.42. The lowest BCUT2D eigenvalue weighted by Gasteiger charge is -2.45. The van der Waals surface area contributed by atoms with Crippen molar-refractivity contribution in [1.29, 1.82) is 0 Å². The van der Waals surface area contributed by atoms with Gasteiger partial charge in [-0.1, -0.05) is 64.4 Å². The molecule has 3 rings (SSSR count). The first-order chi connectivity index (χ1) is 9.97. The van der Waals surface area contributed by atoms with E-state index in [4.69, 9.17) is 0 Å². The fourth-order valence-electron chi connectivity index (χ4n) is 5.24. The molecule has 21 heavy (non-hydrogen) atoms. The molecule has 2 aliphatic rings. The minimum atomic E-state index is 0.438. The van der Waals surface area contributed by atoms with Gasteiger partial charge in [0.05, 0.1) is 0 Å². The summed E-state index contributed by atoms with van der Waals surface area (Å²) in [6.45, 7) is 9.81. The molecule has 1 heteroatoms. The Balaban J connectivity index is 1.83. The van der Waals surface area contributed by atoms with Crippen molar-refractivity contribution >= 4 is 0 Å². The van der Waals surface area contributed by atoms with Gasteiger partial charge in [0.25, 0.3) is 0 Å². The lowest BCUT2D eigenvalue weighted by atomic mass is 9.68. The van der Waals surface area contributed by atoms with Gasteiger partial charge in [-0.25, -0.2) is 0 Å². The summed E-state index contributed by atoms with van der Waals surface area (Å²) in [7, 11) is 0. The van der Waals surface area contributed by atoms with Crippen LogP contribution in [-0.4, -0.2) is 6.04 Å². The first-order valence-electron chi connectivity index (χ1n) is 8.78. The molecule has 1 nitrogen and oxygen atoms in total. The predicted octanol–water partition coefficient (Wildman–Crippen LogP) is 5.33. The molecule has 116 valence electrons. The van der Waals surface area contributed by atoms with Gasteiger partial charge in [-0.05, 0) is 48.0 Å². The maximum Gasteiger partial charge on any atom is 0.0323 e. The van der Waals surface area contributed by atoms with Crippen molar-refractivity contribution in [3.8, 4) is 0 Å². The van der Waals surface area contributed by atoms with E-state index in [9.17, 15) is 0 Å². The maximum absolute atomic E-state index is 4.10. The van der Waals surface area contributed by atoms with Crippen LogP contribution in [0.25, 0.3) is 0 Å². The second kappa shape index (κ2) is 5.43. The molecule has 1 N–H and O–H groups in total. The van der Waals surface area contributed by atoms with Crippen LogP contribution in [0.4, 0.5) is 0 Å². The Morgan fingerprint density at radius 2 is 1.90 bits per heavy atom. The zero-order chi connectivity index (χ0) is 15.1. The molecule has 2 fully saturated rings. The summed E-state index contributed by atoms with van der Waals surface area (Å²) in [4.78, 5) is 0. The summed E-state index contributed by atoms with van der Waals surface area (Å²) in [6, 6.07) is 12.2. The van der Waals surface area contributed by atoms with Crippen molar-refractivity contribution in [2.24, 2.45) is 16.7 Å². The van der Waals surface area contributed by atoms with Gasteiger partial charge in [-0.3, -0.25) is 0 Å². The van der Waals surface area contributed by atoms with Gasteiger partial charge in [-0.2, -0.15) is 0 Å². The summed E-state index contributed by atoms with van der Waals surface area (Å²) in [6.07, 6.45) is 6.74. The molecule has 0 radical (unpaired) electrons. The van der Waals surface area contributed by atoms with Crippen LogP contribution in [-0.2, 0) is 0 Å². The SMILES string of the molecule is CCCC(NC1C2(C)CCC(C2)C1(C)C)c1ccccc1. The van der Waals surface area contributed by atoms with Crippen LogP contribution in [0.2, 0.25) is 0 Å². The molecule has 4 atom stereocenters. The molecule has 0 aromatic heterocycles. The number of fused-ring (bicyclic) bond motifs is 2. The average molecular weight is 285 g/mol. The van der Waals surface area contributed by atoms with Crippen LogP contribution < -0.4 is 5.32 Å². The Bertz CT molecular complexity index is 473. The van der Waals surface area contributed by atoms with Crippen molar-refractivity contribution in [3.63, 3.8) is 0 Å². The summed E-state index contributed by atoms with van der Waals surface area (Å²) in [5.41, 5.74) is 2.41. The van der Waals surface area contributed by atoms with Crippen LogP contribution >= 0.6 is 0 Å². The first-order valence-corrected chi connectivity index (χ1v) is 8.78. The molecule has 1 aromatic carbocycles. The van der Waals surface area contributed by atoms with Crippen molar-refractivity contribution < 1.29 is 0 Å². The number of hydrogen-bond donors (Lipinski definition) is 1. The zero-order valence-corrected chi connectivity index (χ0v) is 14.2. The van der Waals surface area contributed by atoms with Gasteiger partial charge < -0.3 is 5.32 Å². The Kier molecular flexibility index (Phi) is 3.90. The normalized spacial score (nSPS) is 35.0. The third-order valence-electron chi connectivity index (χ3n) is 6.42. The molecule has 0 saturated heterocycles. The lowest BCUT2D eigenvalue weighted by Crippen LogP contribution is -2.51. The van der Waals surface area contributed by atoms with E-state index in [0.717, 1.165) is 5.92 Å². The topological polar surface area (TPSA) is 12.0 Å². The average Bonchev–Trinajstić information content (AvgIpc) is 2.94. The van der Waals surface area contributed by atoms with Crippen LogP contribution in [0.15, 0.2) is 30.3 Å². The largest absolute Gasteiger partial charge is 0.306 e. The van der Waals surface area contributed by atoms with E-state index in [1.807, 2.05) is 0 Å². The third kappa shape index (κ3) is 2.54. The minimum Gasteiger partial charge on any atom is -0.306 e. The second-order valence-corrected chi connectivity index (χ2v) is 8.27. The number of hydrogen-bond acceptors (Lipinski definition) is 1. The molecule has 0 heterocycles. The summed E-state index contributed by atoms with van der Waals surface area (Å²) >= 11 is 0. The summed E-state index contributed by atoms with van der Waals surface area (Å²) in [5.74, 6) is 0.915. The second-order valence-electron chi connectivity index (χ2n) is 8.27. The van der Waals surface area contributed by atoms with Crippen LogP contribution in [0, 0.1) is 16.7 Å². The number of benzene rings is 1. The Morgan fingerprint density at radius 1 is 1.19 bits per heavy atom. The first kappa shape index (κ1) is 15.1. The molecule has 4 unspecified atom stereocenters. The van der Waals surface area contributed by atoms with Gasteiger partial charge in [0, 0.05) is 12.1 Å². The Labute approximate surface area is 130 Å². The van der Waals surface area contributed by atoms with Crippen molar-refractivity contribution in [1.82, 2.24) is 5.32 Å². The monoisotopic (exact) mass is 285 g/mol. The fraction of sp³-hybridized carbons (Fsp3) is 0.700. The fourth-order valence-corrected chi connectivity index (χ4v) is 5.24. The molecule has 1 aromatic rings. The molecule has 0 spiro atoms. The van der Waals surface area contributed by atoms with E-state index < -0.39 is 0 Å². The zero-order valence-electron chi connectivity index (χ0n) is 14.2. The highest BCUT2D eigenvalue weighted by molar-refractivity contribution is 5.21. The quantitative estimate of drug-likeness (QED) is 0.770. The summed E-state index contributed by atoms with van der Waals surface area (Å²) < 4.78 is 0.